The van der Waals surface area contributed by atoms with Gasteiger partial charge in [0.2, 0.25) is 0 Å². The highest BCUT2D eigenvalue weighted by Gasteiger charge is 1.76. The van der Waals surface area contributed by atoms with Gasteiger partial charge in [-0.05, 0) is 18.6 Å². The van der Waals surface area contributed by atoms with Gasteiger partial charge in [-0.25, -0.2) is 0 Å². The van der Waals surface area contributed by atoms with E-state index >= 15 is 0 Å². The van der Waals surface area contributed by atoms with Gasteiger partial charge in [-0.1, -0.05) is 24.1 Å². The molecule has 0 N–H and O–H groups in total. The summed E-state index contributed by atoms with van der Waals surface area (Å²) >= 11 is 0. The molecule has 1 rings (SSSR count). The molecule has 0 heterocycles. The Morgan fingerprint density at radius 1 is 1.12 bits per heavy atom. The topological polar surface area (TPSA) is 0 Å². The van der Waals surface area contributed by atoms with Crippen LogP contribution in [-0.2, 0) is 0 Å². The second-order valence-corrected chi connectivity index (χ2v) is 1.49. The fourth-order valence-electron chi connectivity index (χ4n) is 0.521. The third-order valence-corrected chi connectivity index (χ3v) is 0.918. The first-order chi connectivity index (χ1) is 3.93. The van der Waals surface area contributed by atoms with E-state index in [0.29, 0.717) is 0 Å². The Morgan fingerprint density at radius 2 is 1.75 bits per heavy atom. The van der Waals surface area contributed by atoms with Gasteiger partial charge in [0, 0.05) is 5.56 Å². The standard InChI is InChI=1S/C8H5/c1-2-8-6-4-3-5-7-8/h3-7H. The van der Waals surface area contributed by atoms with Gasteiger partial charge in [0.05, 0.1) is 0 Å². The van der Waals surface area contributed by atoms with Gasteiger partial charge in [0.25, 0.3) is 0 Å². The summed E-state index contributed by atoms with van der Waals surface area (Å²) in [5, 5.41) is 0. The number of benzene rings is 1. The maximum atomic E-state index is 6.69. The second-order valence-electron chi connectivity index (χ2n) is 1.49. The molecule has 0 aliphatic rings. The molecule has 1 radical (unpaired) electrons. The van der Waals surface area contributed by atoms with Crippen molar-refractivity contribution in [3.8, 4) is 5.92 Å². The van der Waals surface area contributed by atoms with Crippen molar-refractivity contribution in [2.45, 2.75) is 0 Å². The molecule has 0 fully saturated rings. The van der Waals surface area contributed by atoms with Crippen molar-refractivity contribution >= 4 is 0 Å². The Morgan fingerprint density at radius 3 is 2.12 bits per heavy atom. The number of hydrogen-bond donors (Lipinski definition) is 0. The summed E-state index contributed by atoms with van der Waals surface area (Å²) in [7, 11) is 0. The maximum Gasteiger partial charge on any atom is 0.0255 e. The van der Waals surface area contributed by atoms with Crippen LogP contribution in [0.5, 0.6) is 0 Å². The Bertz CT molecular complexity index is 191. The largest absolute Gasteiger partial charge is 0.0622 e. The zero-order valence-electron chi connectivity index (χ0n) is 4.39. The summed E-state index contributed by atoms with van der Waals surface area (Å²) in [6.45, 7) is 0. The van der Waals surface area contributed by atoms with E-state index in [4.69, 9.17) is 6.42 Å². The van der Waals surface area contributed by atoms with E-state index in [2.05, 4.69) is 5.92 Å². The number of rotatable bonds is 0. The SMILES string of the molecule is [C]#Cc1ccccc1. The molecule has 0 aliphatic heterocycles. The van der Waals surface area contributed by atoms with Gasteiger partial charge < -0.3 is 0 Å². The van der Waals surface area contributed by atoms with E-state index in [1.54, 1.807) is 0 Å². The van der Waals surface area contributed by atoms with Gasteiger partial charge in [-0.3, -0.25) is 0 Å². The van der Waals surface area contributed by atoms with Gasteiger partial charge in [-0.2, -0.15) is 0 Å². The molecule has 0 amide bonds. The lowest BCUT2D eigenvalue weighted by Crippen LogP contribution is -1.66. The highest BCUT2D eigenvalue weighted by molar-refractivity contribution is 5.28. The molecule has 0 aliphatic carbocycles. The molecule has 0 heteroatoms. The predicted molar refractivity (Wildman–Crippen MR) is 32.7 cm³/mol. The minimum absolute atomic E-state index is 0.826. The quantitative estimate of drug-likeness (QED) is 0.436. The Hall–Kier alpha value is -1.22. The average Bonchev–Trinajstić information content (AvgIpc) is 1.90. The second kappa shape index (κ2) is 2.18. The molecule has 0 saturated carbocycles. The van der Waals surface area contributed by atoms with Crippen molar-refractivity contribution in [1.82, 2.24) is 0 Å². The van der Waals surface area contributed by atoms with Crippen LogP contribution in [0.4, 0.5) is 0 Å². The minimum Gasteiger partial charge on any atom is -0.0622 e. The van der Waals surface area contributed by atoms with Crippen molar-refractivity contribution in [2.24, 2.45) is 0 Å². The van der Waals surface area contributed by atoms with Crippen molar-refractivity contribution in [1.29, 1.82) is 0 Å². The zero-order chi connectivity index (χ0) is 5.82. The fourth-order valence-corrected chi connectivity index (χ4v) is 0.521. The molecule has 8 heavy (non-hydrogen) atoms. The Labute approximate surface area is 49.2 Å². The summed E-state index contributed by atoms with van der Waals surface area (Å²) in [5.41, 5.74) is 0.826. The molecular formula is C8H5. The monoisotopic (exact) mass is 101 g/mol. The smallest absolute Gasteiger partial charge is 0.0255 e. The van der Waals surface area contributed by atoms with Crippen molar-refractivity contribution in [3.05, 3.63) is 42.3 Å². The Balaban J connectivity index is 3.05. The third-order valence-electron chi connectivity index (χ3n) is 0.918. The van der Waals surface area contributed by atoms with Gasteiger partial charge in [0.15, 0.2) is 0 Å². The third kappa shape index (κ3) is 0.886. The Kier molecular flexibility index (Phi) is 1.34. The molecule has 0 unspecified atom stereocenters. The van der Waals surface area contributed by atoms with Crippen LogP contribution in [0.25, 0.3) is 0 Å². The zero-order valence-corrected chi connectivity index (χ0v) is 4.39. The van der Waals surface area contributed by atoms with Gasteiger partial charge in [0.1, 0.15) is 0 Å². The van der Waals surface area contributed by atoms with E-state index in [1.165, 1.54) is 0 Å². The molecule has 0 atom stereocenters. The average molecular weight is 101 g/mol. The van der Waals surface area contributed by atoms with Crippen LogP contribution >= 0.6 is 0 Å². The molecule has 0 nitrogen and oxygen atoms in total. The van der Waals surface area contributed by atoms with Crippen LogP contribution in [-0.4, -0.2) is 0 Å². The van der Waals surface area contributed by atoms with E-state index in [-0.39, 0.29) is 0 Å². The highest BCUT2D eigenvalue weighted by Crippen LogP contribution is 1.93. The van der Waals surface area contributed by atoms with Crippen LogP contribution in [0.2, 0.25) is 0 Å². The highest BCUT2D eigenvalue weighted by atomic mass is 13.8. The molecule has 0 spiro atoms. The first-order valence-electron chi connectivity index (χ1n) is 2.41. The molecule has 1 aromatic rings. The number of hydrogen-bond acceptors (Lipinski definition) is 0. The first-order valence-corrected chi connectivity index (χ1v) is 2.41. The molecule has 1 aromatic carbocycles. The lowest BCUT2D eigenvalue weighted by molar-refractivity contribution is 1.65. The van der Waals surface area contributed by atoms with Crippen LogP contribution in [0.3, 0.4) is 0 Å². The maximum absolute atomic E-state index is 6.69. The lowest BCUT2D eigenvalue weighted by Gasteiger charge is -1.82. The van der Waals surface area contributed by atoms with Crippen LogP contribution in [0.1, 0.15) is 5.56 Å². The molecule has 37 valence electrons. The summed E-state index contributed by atoms with van der Waals surface area (Å²) in [6, 6.07) is 9.37. The molecule has 0 aromatic heterocycles. The first kappa shape index (κ1) is 4.93. The molecular weight excluding hydrogens is 96.1 g/mol. The molecule has 0 saturated heterocycles. The predicted octanol–water partition coefficient (Wildman–Crippen LogP) is 1.62. The molecule has 0 bridgehead atoms. The summed E-state index contributed by atoms with van der Waals surface area (Å²) in [6.07, 6.45) is 6.69. The van der Waals surface area contributed by atoms with E-state index in [1.807, 2.05) is 30.3 Å². The summed E-state index contributed by atoms with van der Waals surface area (Å²) < 4.78 is 0. The van der Waals surface area contributed by atoms with Crippen molar-refractivity contribution < 1.29 is 0 Å². The minimum atomic E-state index is 0.826. The van der Waals surface area contributed by atoms with Crippen LogP contribution in [0.15, 0.2) is 30.3 Å². The van der Waals surface area contributed by atoms with E-state index in [9.17, 15) is 0 Å². The van der Waals surface area contributed by atoms with Crippen molar-refractivity contribution in [2.75, 3.05) is 0 Å². The van der Waals surface area contributed by atoms with Crippen LogP contribution in [0, 0.1) is 12.3 Å². The summed E-state index contributed by atoms with van der Waals surface area (Å²) in [4.78, 5) is 0. The van der Waals surface area contributed by atoms with Gasteiger partial charge in [-0.15, -0.1) is 0 Å². The fraction of sp³-hybridized carbons (Fsp3) is 0. The van der Waals surface area contributed by atoms with E-state index in [0.717, 1.165) is 5.56 Å². The summed E-state index contributed by atoms with van der Waals surface area (Å²) in [5.74, 6) is 2.28. The normalized spacial score (nSPS) is 7.88. The van der Waals surface area contributed by atoms with Crippen LogP contribution < -0.4 is 0 Å². The lowest BCUT2D eigenvalue weighted by atomic mass is 10.2. The van der Waals surface area contributed by atoms with Crippen molar-refractivity contribution in [3.63, 3.8) is 0 Å². The van der Waals surface area contributed by atoms with Gasteiger partial charge >= 0.3 is 0 Å². The van der Waals surface area contributed by atoms with E-state index < -0.39 is 0 Å².